The normalized spacial score (nSPS) is 21.6. The standard InChI is InChI=1S/C12H11F3N2O3/c1-2-19-11(18)9-10(20-6-17-9)8-7(12(13,14)15)4-3-5-16-8/h3-6,9-10H,2H2,1H3/t9-,10+/m1/s1. The van der Waals surface area contributed by atoms with Gasteiger partial charge in [-0.05, 0) is 19.1 Å². The minimum absolute atomic E-state index is 0.103. The second-order valence-electron chi connectivity index (χ2n) is 3.94. The molecule has 8 heteroatoms. The van der Waals surface area contributed by atoms with Crippen LogP contribution in [-0.2, 0) is 20.4 Å². The van der Waals surface area contributed by atoms with Crippen molar-refractivity contribution in [3.8, 4) is 0 Å². The third-order valence-corrected chi connectivity index (χ3v) is 2.66. The van der Waals surface area contributed by atoms with E-state index in [1.54, 1.807) is 6.92 Å². The van der Waals surface area contributed by atoms with Gasteiger partial charge < -0.3 is 9.47 Å². The molecule has 0 saturated heterocycles. The van der Waals surface area contributed by atoms with Crippen molar-refractivity contribution < 1.29 is 27.4 Å². The second-order valence-corrected chi connectivity index (χ2v) is 3.94. The summed E-state index contributed by atoms with van der Waals surface area (Å²) in [6, 6.07) is 0.874. The molecule has 1 aliphatic rings. The highest BCUT2D eigenvalue weighted by atomic mass is 19.4. The van der Waals surface area contributed by atoms with E-state index in [0.29, 0.717) is 0 Å². The number of rotatable bonds is 3. The van der Waals surface area contributed by atoms with Crippen LogP contribution >= 0.6 is 0 Å². The first-order valence-corrected chi connectivity index (χ1v) is 5.81. The topological polar surface area (TPSA) is 60.8 Å². The number of halogens is 3. The van der Waals surface area contributed by atoms with Gasteiger partial charge in [-0.3, -0.25) is 4.98 Å². The van der Waals surface area contributed by atoms with Crippen LogP contribution in [0.5, 0.6) is 0 Å². The fourth-order valence-corrected chi connectivity index (χ4v) is 1.83. The summed E-state index contributed by atoms with van der Waals surface area (Å²) in [6.07, 6.45) is -3.67. The highest BCUT2D eigenvalue weighted by molar-refractivity contribution is 5.80. The molecule has 0 radical (unpaired) electrons. The van der Waals surface area contributed by atoms with Gasteiger partial charge in [-0.1, -0.05) is 0 Å². The lowest BCUT2D eigenvalue weighted by atomic mass is 10.0. The van der Waals surface area contributed by atoms with Gasteiger partial charge in [-0.2, -0.15) is 13.2 Å². The summed E-state index contributed by atoms with van der Waals surface area (Å²) in [5, 5.41) is 0. The zero-order chi connectivity index (χ0) is 14.8. The lowest BCUT2D eigenvalue weighted by Gasteiger charge is -2.19. The van der Waals surface area contributed by atoms with E-state index in [-0.39, 0.29) is 12.3 Å². The molecule has 1 aromatic rings. The molecule has 0 amide bonds. The fraction of sp³-hybridized carbons (Fsp3) is 0.417. The third-order valence-electron chi connectivity index (χ3n) is 2.66. The molecule has 0 fully saturated rings. The number of esters is 1. The molecule has 2 atom stereocenters. The van der Waals surface area contributed by atoms with Crippen molar-refractivity contribution in [1.29, 1.82) is 0 Å². The fourth-order valence-electron chi connectivity index (χ4n) is 1.83. The van der Waals surface area contributed by atoms with Crippen LogP contribution in [0.25, 0.3) is 0 Å². The van der Waals surface area contributed by atoms with Crippen LogP contribution < -0.4 is 0 Å². The largest absolute Gasteiger partial charge is 0.471 e. The Labute approximate surface area is 112 Å². The average molecular weight is 288 g/mol. The Morgan fingerprint density at radius 3 is 2.90 bits per heavy atom. The van der Waals surface area contributed by atoms with E-state index in [9.17, 15) is 18.0 Å². The molecule has 1 aliphatic heterocycles. The SMILES string of the molecule is CCOC(=O)[C@@H]1N=CO[C@H]1c1ncccc1C(F)(F)F. The molecule has 1 aromatic heterocycles. The monoisotopic (exact) mass is 288 g/mol. The molecule has 108 valence electrons. The van der Waals surface area contributed by atoms with Crippen LogP contribution in [0.15, 0.2) is 23.3 Å². The van der Waals surface area contributed by atoms with Crippen molar-refractivity contribution in [2.75, 3.05) is 6.61 Å². The number of pyridine rings is 1. The van der Waals surface area contributed by atoms with Gasteiger partial charge in [0.25, 0.3) is 0 Å². The van der Waals surface area contributed by atoms with Gasteiger partial charge >= 0.3 is 12.1 Å². The molecule has 2 heterocycles. The highest BCUT2D eigenvalue weighted by Crippen LogP contribution is 2.37. The summed E-state index contributed by atoms with van der Waals surface area (Å²) in [5.74, 6) is -0.745. The number of alkyl halides is 3. The smallest absolute Gasteiger partial charge is 0.418 e. The number of aromatic nitrogens is 1. The van der Waals surface area contributed by atoms with Crippen molar-refractivity contribution in [2.45, 2.75) is 25.2 Å². The number of carbonyl (C=O) groups excluding carboxylic acids is 1. The predicted octanol–water partition coefficient (Wildman–Crippen LogP) is 2.13. The zero-order valence-electron chi connectivity index (χ0n) is 10.4. The summed E-state index contributed by atoms with van der Waals surface area (Å²) in [4.78, 5) is 19.1. The lowest BCUT2D eigenvalue weighted by Crippen LogP contribution is -2.28. The van der Waals surface area contributed by atoms with E-state index in [1.165, 1.54) is 12.3 Å². The van der Waals surface area contributed by atoms with Crippen molar-refractivity contribution in [1.82, 2.24) is 4.98 Å². The second kappa shape index (κ2) is 5.48. The maximum Gasteiger partial charge on any atom is 0.418 e. The van der Waals surface area contributed by atoms with Crippen LogP contribution in [0.2, 0.25) is 0 Å². The third kappa shape index (κ3) is 2.73. The molecule has 20 heavy (non-hydrogen) atoms. The molecule has 0 bridgehead atoms. The Morgan fingerprint density at radius 2 is 2.25 bits per heavy atom. The number of nitrogens with zero attached hydrogens (tertiary/aromatic N) is 2. The molecule has 0 unspecified atom stereocenters. The van der Waals surface area contributed by atoms with Gasteiger partial charge in [0, 0.05) is 6.20 Å². The van der Waals surface area contributed by atoms with Crippen LogP contribution in [0, 0.1) is 0 Å². The summed E-state index contributed by atoms with van der Waals surface area (Å²) in [7, 11) is 0. The van der Waals surface area contributed by atoms with E-state index >= 15 is 0 Å². The number of hydrogen-bond acceptors (Lipinski definition) is 5. The average Bonchev–Trinajstić information content (AvgIpc) is 2.87. The Balaban J connectivity index is 2.34. The quantitative estimate of drug-likeness (QED) is 0.799. The highest BCUT2D eigenvalue weighted by Gasteiger charge is 2.43. The molecular weight excluding hydrogens is 277 g/mol. The van der Waals surface area contributed by atoms with Gasteiger partial charge in [-0.15, -0.1) is 0 Å². The van der Waals surface area contributed by atoms with Gasteiger partial charge in [0.05, 0.1) is 17.9 Å². The summed E-state index contributed by atoms with van der Waals surface area (Å²) < 4.78 is 48.5. The predicted molar refractivity (Wildman–Crippen MR) is 62.0 cm³/mol. The first-order valence-electron chi connectivity index (χ1n) is 5.81. The van der Waals surface area contributed by atoms with Crippen molar-refractivity contribution in [3.05, 3.63) is 29.6 Å². The Morgan fingerprint density at radius 1 is 1.50 bits per heavy atom. The molecular formula is C12H11F3N2O3. The van der Waals surface area contributed by atoms with Crippen LogP contribution in [0.4, 0.5) is 13.2 Å². The minimum Gasteiger partial charge on any atom is -0.471 e. The molecule has 0 spiro atoms. The molecule has 0 N–H and O–H groups in total. The first kappa shape index (κ1) is 14.3. The van der Waals surface area contributed by atoms with E-state index in [4.69, 9.17) is 9.47 Å². The Bertz CT molecular complexity index is 531. The van der Waals surface area contributed by atoms with Crippen LogP contribution in [0.1, 0.15) is 24.3 Å². The number of hydrogen-bond donors (Lipinski definition) is 0. The van der Waals surface area contributed by atoms with Crippen LogP contribution in [0.3, 0.4) is 0 Å². The molecule has 5 nitrogen and oxygen atoms in total. The van der Waals surface area contributed by atoms with Gasteiger partial charge in [0.2, 0.25) is 0 Å². The maximum atomic E-state index is 12.9. The van der Waals surface area contributed by atoms with Crippen molar-refractivity contribution in [2.24, 2.45) is 4.99 Å². The van der Waals surface area contributed by atoms with E-state index in [1.807, 2.05) is 0 Å². The van der Waals surface area contributed by atoms with Gasteiger partial charge in [0.15, 0.2) is 18.5 Å². The van der Waals surface area contributed by atoms with Crippen molar-refractivity contribution in [3.63, 3.8) is 0 Å². The lowest BCUT2D eigenvalue weighted by molar-refractivity contribution is -0.148. The Kier molecular flexibility index (Phi) is 3.91. The summed E-state index contributed by atoms with van der Waals surface area (Å²) in [6.45, 7) is 1.69. The molecule has 0 saturated carbocycles. The van der Waals surface area contributed by atoms with E-state index in [0.717, 1.165) is 12.5 Å². The minimum atomic E-state index is -4.59. The van der Waals surface area contributed by atoms with E-state index in [2.05, 4.69) is 9.98 Å². The number of ether oxygens (including phenoxy) is 2. The van der Waals surface area contributed by atoms with E-state index < -0.39 is 29.9 Å². The number of aliphatic imine (C=N–C) groups is 1. The molecule has 2 rings (SSSR count). The number of carbonyl (C=O) groups is 1. The zero-order valence-corrected chi connectivity index (χ0v) is 10.4. The Hall–Kier alpha value is -2.12. The van der Waals surface area contributed by atoms with Gasteiger partial charge in [-0.25, -0.2) is 9.79 Å². The molecule has 0 aliphatic carbocycles. The first-order chi connectivity index (χ1) is 9.45. The maximum absolute atomic E-state index is 12.9. The van der Waals surface area contributed by atoms with Crippen molar-refractivity contribution >= 4 is 12.4 Å². The summed E-state index contributed by atoms with van der Waals surface area (Å²) in [5.41, 5.74) is -1.33. The summed E-state index contributed by atoms with van der Waals surface area (Å²) >= 11 is 0. The van der Waals surface area contributed by atoms with Crippen LogP contribution in [-0.4, -0.2) is 30.0 Å². The molecule has 0 aromatic carbocycles. The van der Waals surface area contributed by atoms with Gasteiger partial charge in [0.1, 0.15) is 0 Å².